The number of rotatable bonds is 0. The van der Waals surface area contributed by atoms with Gasteiger partial charge in [-0.25, -0.2) is 0 Å². The normalized spacial score (nSPS) is 5.00. The van der Waals surface area contributed by atoms with Crippen LogP contribution in [0.4, 0.5) is 14.1 Å². The van der Waals surface area contributed by atoms with Gasteiger partial charge < -0.3 is 0 Å². The molecule has 0 saturated heterocycles. The van der Waals surface area contributed by atoms with Crippen molar-refractivity contribution in [3.05, 3.63) is 17.1 Å². The lowest BCUT2D eigenvalue weighted by atomic mass is 11.0. The van der Waals surface area contributed by atoms with Crippen molar-refractivity contribution in [2.24, 2.45) is 0 Å². The second-order valence-electron chi connectivity index (χ2n) is 0.676. The van der Waals surface area contributed by atoms with Crippen LogP contribution in [0, 0.1) is 0 Å². The summed E-state index contributed by atoms with van der Waals surface area (Å²) in [6.07, 6.45) is 1.77. The summed E-state index contributed by atoms with van der Waals surface area (Å²) in [5, 5.41) is 1.93. The standard InChI is InChI=1S/C3H3NS.3FH/c1-2-5-3-4-1;;;/h1-3H;3*1H. The van der Waals surface area contributed by atoms with Crippen molar-refractivity contribution in [1.82, 2.24) is 4.98 Å². The van der Waals surface area contributed by atoms with Gasteiger partial charge in [-0.3, -0.25) is 19.1 Å². The minimum atomic E-state index is 0. The Morgan fingerprint density at radius 3 is 1.88 bits per heavy atom. The molecule has 0 fully saturated rings. The summed E-state index contributed by atoms with van der Waals surface area (Å²) in [6.45, 7) is 0. The third kappa shape index (κ3) is 5.42. The van der Waals surface area contributed by atoms with E-state index in [9.17, 15) is 0 Å². The summed E-state index contributed by atoms with van der Waals surface area (Å²) in [4.78, 5) is 3.74. The molecule has 0 aliphatic carbocycles. The van der Waals surface area contributed by atoms with Crippen LogP contribution in [-0.4, -0.2) is 4.98 Å². The van der Waals surface area contributed by atoms with Crippen LogP contribution in [0.5, 0.6) is 0 Å². The van der Waals surface area contributed by atoms with Crippen LogP contribution in [0.15, 0.2) is 17.1 Å². The van der Waals surface area contributed by atoms with E-state index in [2.05, 4.69) is 4.98 Å². The second kappa shape index (κ2) is 9.65. The van der Waals surface area contributed by atoms with E-state index in [0.29, 0.717) is 0 Å². The zero-order chi connectivity index (χ0) is 3.54. The van der Waals surface area contributed by atoms with Crippen molar-refractivity contribution in [2.75, 3.05) is 0 Å². The molecule has 1 aromatic rings. The quantitative estimate of drug-likeness (QED) is 0.540. The molecule has 8 heavy (non-hydrogen) atoms. The first-order valence-corrected chi connectivity index (χ1v) is 2.26. The molecule has 0 saturated carbocycles. The Kier molecular flexibility index (Phi) is 18.9. The van der Waals surface area contributed by atoms with E-state index < -0.39 is 0 Å². The monoisotopic (exact) mass is 145 g/mol. The molecule has 1 rings (SSSR count). The summed E-state index contributed by atoms with van der Waals surface area (Å²) in [5.41, 5.74) is 1.79. The summed E-state index contributed by atoms with van der Waals surface area (Å²) in [6, 6.07) is 0. The van der Waals surface area contributed by atoms with E-state index in [0.717, 1.165) is 0 Å². The highest BCUT2D eigenvalue weighted by Crippen LogP contribution is 1.85. The van der Waals surface area contributed by atoms with Crippen molar-refractivity contribution in [3.8, 4) is 0 Å². The van der Waals surface area contributed by atoms with Crippen molar-refractivity contribution >= 4 is 11.3 Å². The van der Waals surface area contributed by atoms with Gasteiger partial charge in [0.1, 0.15) is 0 Å². The van der Waals surface area contributed by atoms with Crippen molar-refractivity contribution < 1.29 is 14.1 Å². The van der Waals surface area contributed by atoms with Gasteiger partial charge in [-0.2, -0.15) is 0 Å². The molecular weight excluding hydrogens is 139 g/mol. The molecule has 1 heterocycles. The molecule has 1 nitrogen and oxygen atoms in total. The molecule has 0 spiro atoms. The molecule has 5 heteroatoms. The van der Waals surface area contributed by atoms with E-state index in [-0.39, 0.29) is 14.1 Å². The Hall–Kier alpha value is -0.580. The van der Waals surface area contributed by atoms with Crippen LogP contribution in [0.2, 0.25) is 0 Å². The van der Waals surface area contributed by atoms with E-state index in [4.69, 9.17) is 0 Å². The number of hydrogen-bond acceptors (Lipinski definition) is 2. The molecular formula is C3H6F3NS. The van der Waals surface area contributed by atoms with Crippen molar-refractivity contribution in [3.63, 3.8) is 0 Å². The van der Waals surface area contributed by atoms with Gasteiger partial charge >= 0.3 is 0 Å². The van der Waals surface area contributed by atoms with Gasteiger partial charge in [0.2, 0.25) is 0 Å². The second-order valence-corrected chi connectivity index (χ2v) is 1.43. The predicted octanol–water partition coefficient (Wildman–Crippen LogP) is 1.60. The van der Waals surface area contributed by atoms with Gasteiger partial charge in [0.25, 0.3) is 0 Å². The topological polar surface area (TPSA) is 12.9 Å². The first kappa shape index (κ1) is 15.7. The first-order chi connectivity index (χ1) is 2.50. The maximum atomic E-state index is 3.74. The highest BCUT2D eigenvalue weighted by Gasteiger charge is 1.59. The fourth-order valence-corrected chi connectivity index (χ4v) is 0.527. The Bertz CT molecular complexity index is 71.0. The van der Waals surface area contributed by atoms with Gasteiger partial charge in [-0.15, -0.1) is 11.3 Å². The van der Waals surface area contributed by atoms with Crippen LogP contribution in [0.1, 0.15) is 0 Å². The maximum Gasteiger partial charge on any atom is 0.0791 e. The molecule has 50 valence electrons. The largest absolute Gasteiger partial charge is 0.269 e. The predicted molar refractivity (Wildman–Crippen MR) is 29.6 cm³/mol. The van der Waals surface area contributed by atoms with Gasteiger partial charge in [-0.05, 0) is 0 Å². The van der Waals surface area contributed by atoms with Crippen LogP contribution >= 0.6 is 11.3 Å². The lowest BCUT2D eigenvalue weighted by molar-refractivity contribution is 1.11. The zero-order valence-electron chi connectivity index (χ0n) is 3.81. The molecule has 1 aromatic heterocycles. The fourth-order valence-electron chi connectivity index (χ4n) is 0.176. The number of nitrogens with zero attached hydrogens (tertiary/aromatic N) is 1. The summed E-state index contributed by atoms with van der Waals surface area (Å²) in [7, 11) is 0. The number of thiazole rings is 1. The average molecular weight is 145 g/mol. The lowest BCUT2D eigenvalue weighted by Gasteiger charge is -1.41. The van der Waals surface area contributed by atoms with Crippen molar-refractivity contribution in [1.29, 1.82) is 0 Å². The minimum absolute atomic E-state index is 0. The van der Waals surface area contributed by atoms with Crippen molar-refractivity contribution in [2.45, 2.75) is 0 Å². The van der Waals surface area contributed by atoms with Gasteiger partial charge in [0.05, 0.1) is 5.51 Å². The van der Waals surface area contributed by atoms with E-state index in [1.807, 2.05) is 5.38 Å². The molecule has 0 unspecified atom stereocenters. The van der Waals surface area contributed by atoms with E-state index >= 15 is 0 Å². The SMILES string of the molecule is F.F.F.c1cscn1. The Morgan fingerprint density at radius 2 is 1.75 bits per heavy atom. The molecule has 0 N–H and O–H groups in total. The molecule has 0 bridgehead atoms. The van der Waals surface area contributed by atoms with Gasteiger partial charge in [0, 0.05) is 11.6 Å². The third-order valence-corrected chi connectivity index (χ3v) is 0.869. The number of hydrogen-bond donors (Lipinski definition) is 0. The van der Waals surface area contributed by atoms with E-state index in [1.54, 1.807) is 23.0 Å². The van der Waals surface area contributed by atoms with Crippen LogP contribution in [0.25, 0.3) is 0 Å². The minimum Gasteiger partial charge on any atom is -0.269 e. The lowest BCUT2D eigenvalue weighted by Crippen LogP contribution is -1.38. The fraction of sp³-hybridized carbons (Fsp3) is 0. The van der Waals surface area contributed by atoms with Gasteiger partial charge in [0.15, 0.2) is 0 Å². The summed E-state index contributed by atoms with van der Waals surface area (Å²) >= 11 is 1.60. The maximum absolute atomic E-state index is 3.74. The Balaban J connectivity index is -0.0000000833. The number of aromatic nitrogens is 1. The van der Waals surface area contributed by atoms with Crippen LogP contribution < -0.4 is 0 Å². The Labute approximate surface area is 48.5 Å². The smallest absolute Gasteiger partial charge is 0.0791 e. The molecule has 0 radical (unpaired) electrons. The number of halogens is 3. The molecule has 0 aliphatic rings. The van der Waals surface area contributed by atoms with Crippen LogP contribution in [0.3, 0.4) is 0 Å². The average Bonchev–Trinajstić information content (AvgIpc) is 1.76. The van der Waals surface area contributed by atoms with E-state index in [1.165, 1.54) is 0 Å². The molecule has 0 amide bonds. The first-order valence-electron chi connectivity index (χ1n) is 1.32. The van der Waals surface area contributed by atoms with Gasteiger partial charge in [-0.1, -0.05) is 0 Å². The third-order valence-electron chi connectivity index (χ3n) is 0.347. The molecule has 0 atom stereocenters. The summed E-state index contributed by atoms with van der Waals surface area (Å²) in [5.74, 6) is 0. The highest BCUT2D eigenvalue weighted by atomic mass is 32.1. The van der Waals surface area contributed by atoms with Crippen LogP contribution in [-0.2, 0) is 0 Å². The highest BCUT2D eigenvalue weighted by molar-refractivity contribution is 7.07. The summed E-state index contributed by atoms with van der Waals surface area (Å²) < 4.78 is 0. The molecule has 0 aliphatic heterocycles. The Morgan fingerprint density at radius 1 is 1.12 bits per heavy atom. The zero-order valence-corrected chi connectivity index (χ0v) is 4.63. The molecule has 0 aromatic carbocycles.